The van der Waals surface area contributed by atoms with Gasteiger partial charge in [0, 0.05) is 17.7 Å². The molecular formula is C28H28N2O5. The van der Waals surface area contributed by atoms with Crippen LogP contribution in [0.5, 0.6) is 0 Å². The van der Waals surface area contributed by atoms with Gasteiger partial charge in [-0.2, -0.15) is 0 Å². The average molecular weight is 473 g/mol. The van der Waals surface area contributed by atoms with Crippen molar-refractivity contribution in [2.45, 2.75) is 20.8 Å². The van der Waals surface area contributed by atoms with Gasteiger partial charge in [-0.05, 0) is 31.0 Å². The lowest BCUT2D eigenvalue weighted by Crippen LogP contribution is -2.29. The molecular weight excluding hydrogens is 444 g/mol. The number of amides is 2. The maximum absolute atomic E-state index is 12.9. The number of rotatable bonds is 9. The number of carbonyl (C=O) groups is 4. The fourth-order valence-corrected chi connectivity index (χ4v) is 3.30. The maximum Gasteiger partial charge on any atom is 0.339 e. The van der Waals surface area contributed by atoms with Crippen molar-refractivity contribution in [1.29, 1.82) is 0 Å². The van der Waals surface area contributed by atoms with Gasteiger partial charge in [-0.15, -0.1) is 0 Å². The minimum Gasteiger partial charge on any atom is -0.452 e. The first-order valence-electron chi connectivity index (χ1n) is 11.3. The van der Waals surface area contributed by atoms with Crippen LogP contribution in [0.3, 0.4) is 0 Å². The Morgan fingerprint density at radius 2 is 1.40 bits per heavy atom. The van der Waals surface area contributed by atoms with Crippen molar-refractivity contribution < 1.29 is 23.9 Å². The number of ether oxygens (including phenoxy) is 1. The third-order valence-corrected chi connectivity index (χ3v) is 5.16. The number of nitrogens with one attached hydrogen (secondary N) is 2. The molecule has 0 radical (unpaired) electrons. The Bertz CT molecular complexity index is 1230. The highest BCUT2D eigenvalue weighted by Gasteiger charge is 2.20. The van der Waals surface area contributed by atoms with Crippen LogP contribution >= 0.6 is 0 Å². The third kappa shape index (κ3) is 6.86. The number of hydrogen-bond acceptors (Lipinski definition) is 5. The molecule has 3 rings (SSSR count). The van der Waals surface area contributed by atoms with Crippen molar-refractivity contribution >= 4 is 29.3 Å². The second kappa shape index (κ2) is 11.7. The van der Waals surface area contributed by atoms with E-state index in [4.69, 9.17) is 4.74 Å². The zero-order valence-corrected chi connectivity index (χ0v) is 20.0. The molecule has 2 amide bonds. The molecule has 0 spiro atoms. The van der Waals surface area contributed by atoms with Crippen LogP contribution in [0.4, 0.5) is 5.69 Å². The van der Waals surface area contributed by atoms with E-state index in [0.29, 0.717) is 23.4 Å². The summed E-state index contributed by atoms with van der Waals surface area (Å²) in [5, 5.41) is 5.42. The van der Waals surface area contributed by atoms with Gasteiger partial charge in [0.15, 0.2) is 12.4 Å². The molecule has 35 heavy (non-hydrogen) atoms. The van der Waals surface area contributed by atoms with Crippen molar-refractivity contribution in [3.8, 4) is 0 Å². The summed E-state index contributed by atoms with van der Waals surface area (Å²) in [5.74, 6) is -1.75. The minimum absolute atomic E-state index is 0.0688. The van der Waals surface area contributed by atoms with Crippen LogP contribution < -0.4 is 10.6 Å². The first-order chi connectivity index (χ1) is 16.8. The monoisotopic (exact) mass is 472 g/mol. The molecule has 0 saturated carbocycles. The summed E-state index contributed by atoms with van der Waals surface area (Å²) in [7, 11) is 0. The topological polar surface area (TPSA) is 102 Å². The van der Waals surface area contributed by atoms with E-state index in [1.165, 1.54) is 6.07 Å². The lowest BCUT2D eigenvalue weighted by atomic mass is 9.98. The number of para-hydroxylation sites is 1. The number of benzene rings is 3. The van der Waals surface area contributed by atoms with Crippen LogP contribution in [0.2, 0.25) is 0 Å². The van der Waals surface area contributed by atoms with E-state index < -0.39 is 18.5 Å². The molecule has 7 nitrogen and oxygen atoms in total. The van der Waals surface area contributed by atoms with Crippen molar-refractivity contribution in [2.24, 2.45) is 5.92 Å². The SMILES string of the molecule is Cc1ccc(C(=O)c2ccccc2C(=O)OCC(=O)Nc2ccccc2C(=O)NCC(C)C)cc1. The van der Waals surface area contributed by atoms with Crippen LogP contribution in [-0.2, 0) is 9.53 Å². The molecule has 3 aromatic carbocycles. The summed E-state index contributed by atoms with van der Waals surface area (Å²) >= 11 is 0. The molecule has 3 aromatic rings. The Kier molecular flexibility index (Phi) is 8.51. The Labute approximate surface area is 204 Å². The van der Waals surface area contributed by atoms with E-state index in [1.54, 1.807) is 54.6 Å². The second-order valence-corrected chi connectivity index (χ2v) is 8.51. The average Bonchev–Trinajstić information content (AvgIpc) is 2.86. The quantitative estimate of drug-likeness (QED) is 0.355. The van der Waals surface area contributed by atoms with Crippen molar-refractivity contribution in [3.05, 3.63) is 101 Å². The van der Waals surface area contributed by atoms with E-state index in [-0.39, 0.29) is 28.7 Å². The van der Waals surface area contributed by atoms with Crippen LogP contribution in [-0.4, -0.2) is 36.7 Å². The summed E-state index contributed by atoms with van der Waals surface area (Å²) < 4.78 is 5.18. The number of hydrogen-bond donors (Lipinski definition) is 2. The lowest BCUT2D eigenvalue weighted by molar-refractivity contribution is -0.119. The molecule has 0 saturated heterocycles. The highest BCUT2D eigenvalue weighted by molar-refractivity contribution is 6.14. The van der Waals surface area contributed by atoms with Gasteiger partial charge in [0.1, 0.15) is 0 Å². The molecule has 0 atom stereocenters. The molecule has 180 valence electrons. The predicted octanol–water partition coefficient (Wildman–Crippen LogP) is 4.41. The molecule has 0 aliphatic carbocycles. The van der Waals surface area contributed by atoms with Gasteiger partial charge in [0.25, 0.3) is 11.8 Å². The molecule has 0 fully saturated rings. The first kappa shape index (κ1) is 25.4. The Morgan fingerprint density at radius 1 is 0.800 bits per heavy atom. The van der Waals surface area contributed by atoms with Crippen LogP contribution in [0.15, 0.2) is 72.8 Å². The fraction of sp³-hybridized carbons (Fsp3) is 0.214. The van der Waals surface area contributed by atoms with Crippen molar-refractivity contribution in [3.63, 3.8) is 0 Å². The number of esters is 1. The van der Waals surface area contributed by atoms with Crippen LogP contribution in [0.1, 0.15) is 56.0 Å². The highest BCUT2D eigenvalue weighted by atomic mass is 16.5. The minimum atomic E-state index is -0.792. The summed E-state index contributed by atoms with van der Waals surface area (Å²) in [6.07, 6.45) is 0. The molecule has 0 heterocycles. The number of carbonyl (C=O) groups excluding carboxylic acids is 4. The van der Waals surface area contributed by atoms with Gasteiger partial charge < -0.3 is 15.4 Å². The molecule has 2 N–H and O–H groups in total. The largest absolute Gasteiger partial charge is 0.452 e. The highest BCUT2D eigenvalue weighted by Crippen LogP contribution is 2.18. The van der Waals surface area contributed by atoms with Gasteiger partial charge in [-0.25, -0.2) is 4.79 Å². The van der Waals surface area contributed by atoms with Gasteiger partial charge in [-0.3, -0.25) is 14.4 Å². The Hall–Kier alpha value is -4.26. The van der Waals surface area contributed by atoms with Gasteiger partial charge in [0.2, 0.25) is 0 Å². The van der Waals surface area contributed by atoms with Crippen LogP contribution in [0, 0.1) is 12.8 Å². The summed E-state index contributed by atoms with van der Waals surface area (Å²) in [4.78, 5) is 50.6. The first-order valence-corrected chi connectivity index (χ1v) is 11.3. The Balaban J connectivity index is 1.66. The lowest BCUT2D eigenvalue weighted by Gasteiger charge is -2.13. The van der Waals surface area contributed by atoms with E-state index >= 15 is 0 Å². The van der Waals surface area contributed by atoms with Crippen molar-refractivity contribution in [2.75, 3.05) is 18.5 Å². The van der Waals surface area contributed by atoms with Gasteiger partial charge in [0.05, 0.1) is 16.8 Å². The molecule has 0 bridgehead atoms. The van der Waals surface area contributed by atoms with Gasteiger partial charge in [-0.1, -0.05) is 74.0 Å². The summed E-state index contributed by atoms with van der Waals surface area (Å²) in [5.41, 5.74) is 2.33. The van der Waals surface area contributed by atoms with Gasteiger partial charge >= 0.3 is 5.97 Å². The molecule has 7 heteroatoms. The second-order valence-electron chi connectivity index (χ2n) is 8.51. The van der Waals surface area contributed by atoms with E-state index in [1.807, 2.05) is 32.9 Å². The zero-order valence-electron chi connectivity index (χ0n) is 20.0. The molecule has 0 aliphatic heterocycles. The number of anilines is 1. The smallest absolute Gasteiger partial charge is 0.339 e. The summed E-state index contributed by atoms with van der Waals surface area (Å²) in [6, 6.07) is 19.9. The van der Waals surface area contributed by atoms with Crippen LogP contribution in [0.25, 0.3) is 0 Å². The molecule has 0 unspecified atom stereocenters. The van der Waals surface area contributed by atoms with E-state index in [9.17, 15) is 19.2 Å². The normalized spacial score (nSPS) is 10.5. The Morgan fingerprint density at radius 3 is 2.06 bits per heavy atom. The standard InChI is InChI=1S/C28H28N2O5/c1-18(2)16-29-27(33)23-10-6-7-11-24(23)30-25(31)17-35-28(34)22-9-5-4-8-21(22)26(32)20-14-12-19(3)13-15-20/h4-15,18H,16-17H2,1-3H3,(H,29,33)(H,30,31). The maximum atomic E-state index is 12.9. The number of aryl methyl sites for hydroxylation is 1. The van der Waals surface area contributed by atoms with E-state index in [0.717, 1.165) is 5.56 Å². The molecule has 0 aliphatic rings. The fourth-order valence-electron chi connectivity index (χ4n) is 3.30. The summed E-state index contributed by atoms with van der Waals surface area (Å²) in [6.45, 7) is 5.80. The third-order valence-electron chi connectivity index (χ3n) is 5.16. The van der Waals surface area contributed by atoms with E-state index in [2.05, 4.69) is 10.6 Å². The van der Waals surface area contributed by atoms with Crippen molar-refractivity contribution in [1.82, 2.24) is 5.32 Å². The molecule has 0 aromatic heterocycles. The number of ketones is 1. The predicted molar refractivity (Wildman–Crippen MR) is 134 cm³/mol. The zero-order chi connectivity index (χ0) is 25.4.